The summed E-state index contributed by atoms with van der Waals surface area (Å²) in [6, 6.07) is 23.4. The van der Waals surface area contributed by atoms with Crippen LogP contribution in [0.3, 0.4) is 0 Å². The molecule has 0 amide bonds. The molecular formula is C26H23F3N4O2. The van der Waals surface area contributed by atoms with E-state index in [4.69, 9.17) is 0 Å². The monoisotopic (exact) mass is 480 g/mol. The number of hydrogen-bond donors (Lipinski definition) is 1. The summed E-state index contributed by atoms with van der Waals surface area (Å²) in [7, 11) is 0. The minimum atomic E-state index is -4.53. The molecule has 0 aliphatic rings. The number of aryl methyl sites for hydroxylation is 2. The molecule has 6 nitrogen and oxygen atoms in total. The summed E-state index contributed by atoms with van der Waals surface area (Å²) >= 11 is 0. The van der Waals surface area contributed by atoms with E-state index in [0.29, 0.717) is 12.8 Å². The fourth-order valence-electron chi connectivity index (χ4n) is 3.69. The molecule has 35 heavy (non-hydrogen) atoms. The molecule has 3 aromatic carbocycles. The maximum absolute atomic E-state index is 13.3. The Labute approximate surface area is 199 Å². The zero-order valence-corrected chi connectivity index (χ0v) is 18.7. The molecule has 0 aliphatic carbocycles. The predicted octanol–water partition coefficient (Wildman–Crippen LogP) is 4.65. The number of rotatable bonds is 8. The van der Waals surface area contributed by atoms with E-state index in [0.717, 1.165) is 27.8 Å². The number of alkyl halides is 3. The molecule has 0 bridgehead atoms. The minimum absolute atomic E-state index is 0.0709. The quantitative estimate of drug-likeness (QED) is 0.399. The van der Waals surface area contributed by atoms with E-state index in [9.17, 15) is 22.8 Å². The standard InChI is InChI=1S/C26H23F3N4O2/c27-26(28,29)21-12-7-13-22(18-21)30-23-31-24(34)33(17-15-20-10-5-2-6-11-20)25(35)32(23)16-14-19-8-3-1-4-9-19/h1-13,18H,14-17H2,(H,30,31,34). The van der Waals surface area contributed by atoms with E-state index in [-0.39, 0.29) is 24.7 Å². The zero-order valence-electron chi connectivity index (χ0n) is 18.7. The summed E-state index contributed by atoms with van der Waals surface area (Å²) in [5, 5.41) is 2.74. The van der Waals surface area contributed by atoms with Crippen LogP contribution >= 0.6 is 0 Å². The summed E-state index contributed by atoms with van der Waals surface area (Å²) in [4.78, 5) is 30.1. The molecule has 4 rings (SSSR count). The van der Waals surface area contributed by atoms with Gasteiger partial charge in [-0.3, -0.25) is 4.57 Å². The van der Waals surface area contributed by atoms with Crippen LogP contribution < -0.4 is 16.7 Å². The molecule has 0 radical (unpaired) electrons. The average molecular weight is 480 g/mol. The molecule has 0 unspecified atom stereocenters. The molecule has 1 aromatic heterocycles. The van der Waals surface area contributed by atoms with Crippen LogP contribution in [0.5, 0.6) is 0 Å². The number of hydrogen-bond acceptors (Lipinski definition) is 4. The van der Waals surface area contributed by atoms with Crippen molar-refractivity contribution in [2.75, 3.05) is 5.32 Å². The van der Waals surface area contributed by atoms with Gasteiger partial charge < -0.3 is 5.32 Å². The van der Waals surface area contributed by atoms with Crippen LogP contribution in [-0.4, -0.2) is 14.1 Å². The van der Waals surface area contributed by atoms with Gasteiger partial charge in [-0.15, -0.1) is 0 Å². The number of aromatic nitrogens is 3. The Hall–Kier alpha value is -4.14. The molecular weight excluding hydrogens is 457 g/mol. The van der Waals surface area contributed by atoms with Gasteiger partial charge in [-0.05, 0) is 42.2 Å². The van der Waals surface area contributed by atoms with Crippen molar-refractivity contribution in [1.82, 2.24) is 14.1 Å². The molecule has 4 aromatic rings. The molecule has 1 N–H and O–H groups in total. The molecule has 0 spiro atoms. The smallest absolute Gasteiger partial charge is 0.325 e. The van der Waals surface area contributed by atoms with Crippen LogP contribution in [0.4, 0.5) is 24.8 Å². The van der Waals surface area contributed by atoms with Crippen molar-refractivity contribution in [3.8, 4) is 0 Å². The van der Waals surface area contributed by atoms with Crippen LogP contribution in [0.25, 0.3) is 0 Å². The van der Waals surface area contributed by atoms with Crippen molar-refractivity contribution in [3.63, 3.8) is 0 Å². The van der Waals surface area contributed by atoms with E-state index in [1.807, 2.05) is 60.7 Å². The number of nitrogens with one attached hydrogen (secondary N) is 1. The zero-order chi connectivity index (χ0) is 24.8. The Morgan fingerprint density at radius 3 is 1.89 bits per heavy atom. The summed E-state index contributed by atoms with van der Waals surface area (Å²) in [5.41, 5.74) is -0.200. The van der Waals surface area contributed by atoms with E-state index in [2.05, 4.69) is 10.3 Å². The van der Waals surface area contributed by atoms with Crippen LogP contribution in [0.2, 0.25) is 0 Å². The van der Waals surface area contributed by atoms with Gasteiger partial charge in [0.05, 0.1) is 5.56 Å². The second kappa shape index (κ2) is 10.4. The molecule has 1 heterocycles. The second-order valence-electron chi connectivity index (χ2n) is 7.98. The van der Waals surface area contributed by atoms with Crippen molar-refractivity contribution >= 4 is 11.6 Å². The molecule has 0 atom stereocenters. The Balaban J connectivity index is 1.69. The SMILES string of the molecule is O=c1nc(Nc2cccc(C(F)(F)F)c2)n(CCc2ccccc2)c(=O)n1CCc1ccccc1. The lowest BCUT2D eigenvalue weighted by molar-refractivity contribution is -0.137. The third-order valence-electron chi connectivity index (χ3n) is 5.53. The highest BCUT2D eigenvalue weighted by molar-refractivity contribution is 5.54. The highest BCUT2D eigenvalue weighted by atomic mass is 19.4. The lowest BCUT2D eigenvalue weighted by Gasteiger charge is -2.16. The van der Waals surface area contributed by atoms with Gasteiger partial charge in [-0.2, -0.15) is 18.2 Å². The summed E-state index contributed by atoms with van der Waals surface area (Å²) in [5.74, 6) is -0.105. The van der Waals surface area contributed by atoms with Crippen LogP contribution in [0, 0.1) is 0 Å². The fraction of sp³-hybridized carbons (Fsp3) is 0.192. The van der Waals surface area contributed by atoms with Gasteiger partial charge in [0.2, 0.25) is 5.95 Å². The van der Waals surface area contributed by atoms with E-state index < -0.39 is 23.1 Å². The van der Waals surface area contributed by atoms with Crippen molar-refractivity contribution < 1.29 is 13.2 Å². The summed E-state index contributed by atoms with van der Waals surface area (Å²) in [6.45, 7) is 0.312. The van der Waals surface area contributed by atoms with Crippen molar-refractivity contribution in [3.05, 3.63) is 123 Å². The third-order valence-corrected chi connectivity index (χ3v) is 5.53. The summed E-state index contributed by atoms with van der Waals surface area (Å²) in [6.07, 6.45) is -3.60. The van der Waals surface area contributed by atoms with Crippen molar-refractivity contribution in [1.29, 1.82) is 0 Å². The lowest BCUT2D eigenvalue weighted by Crippen LogP contribution is -2.43. The largest absolute Gasteiger partial charge is 0.416 e. The number of anilines is 2. The molecule has 0 saturated heterocycles. The maximum Gasteiger partial charge on any atom is 0.416 e. The first-order chi connectivity index (χ1) is 16.8. The summed E-state index contributed by atoms with van der Waals surface area (Å²) < 4.78 is 41.8. The lowest BCUT2D eigenvalue weighted by atomic mass is 10.1. The Bertz CT molecular complexity index is 1400. The molecule has 9 heteroatoms. The highest BCUT2D eigenvalue weighted by Gasteiger charge is 2.30. The van der Waals surface area contributed by atoms with Gasteiger partial charge in [-0.25, -0.2) is 14.2 Å². The second-order valence-corrected chi connectivity index (χ2v) is 7.98. The van der Waals surface area contributed by atoms with Crippen LogP contribution in [0.1, 0.15) is 16.7 Å². The van der Waals surface area contributed by atoms with Gasteiger partial charge in [-0.1, -0.05) is 66.7 Å². The first-order valence-electron chi connectivity index (χ1n) is 11.0. The average Bonchev–Trinajstić information content (AvgIpc) is 2.84. The number of nitrogens with zero attached hydrogens (tertiary/aromatic N) is 3. The first-order valence-corrected chi connectivity index (χ1v) is 11.0. The maximum atomic E-state index is 13.3. The molecule has 0 saturated carbocycles. The van der Waals surface area contributed by atoms with Gasteiger partial charge in [0.15, 0.2) is 0 Å². The van der Waals surface area contributed by atoms with Crippen LogP contribution in [0.15, 0.2) is 94.5 Å². The van der Waals surface area contributed by atoms with E-state index >= 15 is 0 Å². The fourth-order valence-corrected chi connectivity index (χ4v) is 3.69. The Kier molecular flexibility index (Phi) is 7.14. The van der Waals surface area contributed by atoms with Gasteiger partial charge in [0.1, 0.15) is 0 Å². The van der Waals surface area contributed by atoms with Crippen molar-refractivity contribution in [2.45, 2.75) is 32.1 Å². The highest BCUT2D eigenvalue weighted by Crippen LogP contribution is 2.31. The molecule has 0 aliphatic heterocycles. The van der Waals surface area contributed by atoms with Crippen molar-refractivity contribution in [2.24, 2.45) is 0 Å². The Morgan fingerprint density at radius 1 is 0.743 bits per heavy atom. The van der Waals surface area contributed by atoms with Crippen LogP contribution in [-0.2, 0) is 32.1 Å². The topological polar surface area (TPSA) is 68.9 Å². The van der Waals surface area contributed by atoms with E-state index in [1.165, 1.54) is 16.7 Å². The van der Waals surface area contributed by atoms with Gasteiger partial charge >= 0.3 is 17.6 Å². The minimum Gasteiger partial charge on any atom is -0.325 e. The van der Waals surface area contributed by atoms with Gasteiger partial charge in [0, 0.05) is 18.8 Å². The first kappa shape index (κ1) is 24.0. The Morgan fingerprint density at radius 2 is 1.31 bits per heavy atom. The number of benzene rings is 3. The molecule has 180 valence electrons. The third kappa shape index (κ3) is 6.06. The van der Waals surface area contributed by atoms with Gasteiger partial charge in [0.25, 0.3) is 0 Å². The normalized spacial score (nSPS) is 11.4. The predicted molar refractivity (Wildman–Crippen MR) is 128 cm³/mol. The molecule has 0 fully saturated rings. The number of halogens is 3. The van der Waals surface area contributed by atoms with E-state index in [1.54, 1.807) is 0 Å².